The number of ether oxygens (including phenoxy) is 1. The molecule has 1 aliphatic rings. The first kappa shape index (κ1) is 22.9. The highest BCUT2D eigenvalue weighted by Gasteiger charge is 2.27. The average Bonchev–Trinajstić information content (AvgIpc) is 2.71. The fourth-order valence-corrected chi connectivity index (χ4v) is 2.93. The molecule has 1 aliphatic heterocycles. The Morgan fingerprint density at radius 3 is 2.38 bits per heavy atom. The highest BCUT2D eigenvalue weighted by Crippen LogP contribution is 2.14. The van der Waals surface area contributed by atoms with Crippen molar-refractivity contribution in [3.05, 3.63) is 41.5 Å². The summed E-state index contributed by atoms with van der Waals surface area (Å²) in [5.41, 5.74) is 1.37. The molecule has 0 bridgehead atoms. The van der Waals surface area contributed by atoms with Crippen LogP contribution in [0.25, 0.3) is 6.08 Å². The van der Waals surface area contributed by atoms with E-state index in [2.05, 4.69) is 15.0 Å². The molecule has 0 saturated carbocycles. The van der Waals surface area contributed by atoms with E-state index >= 15 is 0 Å². The van der Waals surface area contributed by atoms with Crippen LogP contribution in [0.1, 0.15) is 22.3 Å². The molecule has 2 amide bonds. The molecule has 1 N–H and O–H groups in total. The van der Waals surface area contributed by atoms with Gasteiger partial charge in [-0.25, -0.2) is 0 Å². The van der Waals surface area contributed by atoms with Crippen molar-refractivity contribution >= 4 is 17.9 Å². The van der Waals surface area contributed by atoms with Gasteiger partial charge in [0.25, 0.3) is 5.91 Å². The second-order valence-electron chi connectivity index (χ2n) is 6.72. The van der Waals surface area contributed by atoms with Gasteiger partial charge in [-0.3, -0.25) is 14.5 Å². The number of halogens is 3. The van der Waals surface area contributed by atoms with E-state index in [-0.39, 0.29) is 18.4 Å². The van der Waals surface area contributed by atoms with Gasteiger partial charge in [-0.2, -0.15) is 13.2 Å². The summed E-state index contributed by atoms with van der Waals surface area (Å²) >= 11 is 0. The molecule has 2 rings (SSSR count). The van der Waals surface area contributed by atoms with Crippen molar-refractivity contribution in [3.8, 4) is 0 Å². The standard InChI is InChI=1S/C20H26F3N3O3/c1-24-19(28)17-6-3-16(4-7-17)5-8-18(27)26-12-10-25(11-13-26)9-2-14-29-15-20(21,22)23/h3-8H,2,9-15H2,1H3,(H,24,28)/b8-5+. The van der Waals surface area contributed by atoms with Gasteiger partial charge in [0, 0.05) is 58.0 Å². The van der Waals surface area contributed by atoms with Gasteiger partial charge in [0.05, 0.1) is 0 Å². The fourth-order valence-electron chi connectivity index (χ4n) is 2.93. The van der Waals surface area contributed by atoms with Gasteiger partial charge in [-0.05, 0) is 30.2 Å². The molecule has 9 heteroatoms. The maximum absolute atomic E-state index is 12.3. The van der Waals surface area contributed by atoms with Crippen LogP contribution in [0.2, 0.25) is 0 Å². The zero-order chi connectivity index (χ0) is 21.3. The SMILES string of the molecule is CNC(=O)c1ccc(/C=C/C(=O)N2CCN(CCCOCC(F)(F)F)CC2)cc1. The summed E-state index contributed by atoms with van der Waals surface area (Å²) in [6, 6.07) is 6.93. The molecule has 0 aromatic heterocycles. The van der Waals surface area contributed by atoms with Crippen molar-refractivity contribution in [1.29, 1.82) is 0 Å². The lowest BCUT2D eigenvalue weighted by atomic mass is 10.1. The van der Waals surface area contributed by atoms with E-state index < -0.39 is 12.8 Å². The van der Waals surface area contributed by atoms with Crippen LogP contribution in [0.5, 0.6) is 0 Å². The van der Waals surface area contributed by atoms with E-state index in [4.69, 9.17) is 0 Å². The minimum atomic E-state index is -4.29. The summed E-state index contributed by atoms with van der Waals surface area (Å²) in [7, 11) is 1.57. The molecule has 1 aromatic carbocycles. The molecule has 1 heterocycles. The third-order valence-electron chi connectivity index (χ3n) is 4.53. The topological polar surface area (TPSA) is 61.9 Å². The van der Waals surface area contributed by atoms with E-state index in [1.165, 1.54) is 6.08 Å². The number of piperazine rings is 1. The third-order valence-corrected chi connectivity index (χ3v) is 4.53. The highest BCUT2D eigenvalue weighted by atomic mass is 19.4. The van der Waals surface area contributed by atoms with Crippen LogP contribution in [-0.4, -0.2) is 80.8 Å². The molecule has 1 fully saturated rings. The van der Waals surface area contributed by atoms with Crippen molar-refractivity contribution in [2.24, 2.45) is 0 Å². The van der Waals surface area contributed by atoms with Gasteiger partial charge in [0.15, 0.2) is 0 Å². The summed E-state index contributed by atoms with van der Waals surface area (Å²) in [6.45, 7) is 2.01. The lowest BCUT2D eigenvalue weighted by Crippen LogP contribution is -2.48. The summed E-state index contributed by atoms with van der Waals surface area (Å²) in [4.78, 5) is 27.7. The Morgan fingerprint density at radius 1 is 1.14 bits per heavy atom. The van der Waals surface area contributed by atoms with Crippen molar-refractivity contribution in [2.45, 2.75) is 12.6 Å². The van der Waals surface area contributed by atoms with Gasteiger partial charge >= 0.3 is 6.18 Å². The van der Waals surface area contributed by atoms with E-state index in [0.29, 0.717) is 44.7 Å². The second-order valence-corrected chi connectivity index (χ2v) is 6.72. The third kappa shape index (κ3) is 8.25. The summed E-state index contributed by atoms with van der Waals surface area (Å²) in [5.74, 6) is -0.255. The molecule has 0 unspecified atom stereocenters. The van der Waals surface area contributed by atoms with Crippen LogP contribution in [0.4, 0.5) is 13.2 Å². The molecule has 1 aromatic rings. The fraction of sp³-hybridized carbons (Fsp3) is 0.500. The van der Waals surface area contributed by atoms with Gasteiger partial charge in [0.2, 0.25) is 5.91 Å². The Morgan fingerprint density at radius 2 is 1.79 bits per heavy atom. The quantitative estimate of drug-likeness (QED) is 0.524. The van der Waals surface area contributed by atoms with Crippen LogP contribution < -0.4 is 5.32 Å². The monoisotopic (exact) mass is 413 g/mol. The number of alkyl halides is 3. The molecule has 0 atom stereocenters. The molecule has 0 spiro atoms. The highest BCUT2D eigenvalue weighted by molar-refractivity contribution is 5.94. The molecule has 160 valence electrons. The number of hydrogen-bond acceptors (Lipinski definition) is 4. The molecular formula is C20H26F3N3O3. The summed E-state index contributed by atoms with van der Waals surface area (Å²) < 4.78 is 40.6. The van der Waals surface area contributed by atoms with Crippen LogP contribution in [0.3, 0.4) is 0 Å². The Bertz CT molecular complexity index is 697. The minimum absolute atomic E-state index is 0.0695. The number of nitrogens with one attached hydrogen (secondary N) is 1. The Kier molecular flexibility index (Phi) is 8.66. The predicted molar refractivity (Wildman–Crippen MR) is 103 cm³/mol. The van der Waals surface area contributed by atoms with E-state index in [1.807, 2.05) is 0 Å². The van der Waals surface area contributed by atoms with Gasteiger partial charge in [0.1, 0.15) is 6.61 Å². The van der Waals surface area contributed by atoms with E-state index in [9.17, 15) is 22.8 Å². The summed E-state index contributed by atoms with van der Waals surface area (Å²) in [5, 5.41) is 2.55. The largest absolute Gasteiger partial charge is 0.411 e. The van der Waals surface area contributed by atoms with Crippen molar-refractivity contribution in [1.82, 2.24) is 15.1 Å². The number of amides is 2. The molecule has 1 saturated heterocycles. The first-order valence-electron chi connectivity index (χ1n) is 9.44. The predicted octanol–water partition coefficient (Wildman–Crippen LogP) is 2.17. The van der Waals surface area contributed by atoms with Crippen LogP contribution in [-0.2, 0) is 9.53 Å². The molecule has 29 heavy (non-hydrogen) atoms. The van der Waals surface area contributed by atoms with Crippen molar-refractivity contribution in [2.75, 3.05) is 53.0 Å². The van der Waals surface area contributed by atoms with Crippen LogP contribution in [0, 0.1) is 0 Å². The minimum Gasteiger partial charge on any atom is -0.372 e. The van der Waals surface area contributed by atoms with Crippen molar-refractivity contribution < 1.29 is 27.5 Å². The first-order chi connectivity index (χ1) is 13.8. The average molecular weight is 413 g/mol. The lowest BCUT2D eigenvalue weighted by molar-refractivity contribution is -0.174. The number of hydrogen-bond donors (Lipinski definition) is 1. The van der Waals surface area contributed by atoms with Crippen LogP contribution >= 0.6 is 0 Å². The van der Waals surface area contributed by atoms with Crippen molar-refractivity contribution in [3.63, 3.8) is 0 Å². The van der Waals surface area contributed by atoms with Crippen LogP contribution in [0.15, 0.2) is 30.3 Å². The Labute approximate surface area is 168 Å². The first-order valence-corrected chi connectivity index (χ1v) is 9.44. The maximum atomic E-state index is 12.3. The summed E-state index contributed by atoms with van der Waals surface area (Å²) in [6.07, 6.45) is -0.544. The number of carbonyl (C=O) groups is 2. The van der Waals surface area contributed by atoms with Gasteiger partial charge in [-0.1, -0.05) is 12.1 Å². The van der Waals surface area contributed by atoms with Gasteiger partial charge < -0.3 is 15.0 Å². The Hall–Kier alpha value is -2.39. The lowest BCUT2D eigenvalue weighted by Gasteiger charge is -2.34. The second kappa shape index (κ2) is 11.0. The molecule has 0 aliphatic carbocycles. The normalized spacial score (nSPS) is 15.7. The molecule has 6 nitrogen and oxygen atoms in total. The molecular weight excluding hydrogens is 387 g/mol. The number of rotatable bonds is 8. The zero-order valence-electron chi connectivity index (χ0n) is 16.4. The smallest absolute Gasteiger partial charge is 0.372 e. The van der Waals surface area contributed by atoms with E-state index in [0.717, 1.165) is 5.56 Å². The van der Waals surface area contributed by atoms with E-state index in [1.54, 1.807) is 42.3 Å². The number of nitrogens with zero attached hydrogens (tertiary/aromatic N) is 2. The number of benzene rings is 1. The maximum Gasteiger partial charge on any atom is 0.411 e. The Balaban J connectivity index is 1.69. The van der Waals surface area contributed by atoms with Gasteiger partial charge in [-0.15, -0.1) is 0 Å². The zero-order valence-corrected chi connectivity index (χ0v) is 16.4. The number of carbonyl (C=O) groups excluding carboxylic acids is 2. The molecule has 0 radical (unpaired) electrons.